The summed E-state index contributed by atoms with van der Waals surface area (Å²) in [6.45, 7) is 7.54. The molecule has 0 aliphatic heterocycles. The highest BCUT2D eigenvalue weighted by molar-refractivity contribution is 5.68. The van der Waals surface area contributed by atoms with Gasteiger partial charge >= 0.3 is 0 Å². The third-order valence-electron chi connectivity index (χ3n) is 4.83. The van der Waals surface area contributed by atoms with Crippen LogP contribution in [0.15, 0.2) is 60.7 Å². The smallest absolute Gasteiger partial charge is 0.203 e. The Hall–Kier alpha value is -4.64. The summed E-state index contributed by atoms with van der Waals surface area (Å²) >= 11 is 0. The molecule has 0 amide bonds. The Kier molecular flexibility index (Phi) is 6.83. The van der Waals surface area contributed by atoms with Gasteiger partial charge in [-0.1, -0.05) is 23.7 Å². The lowest BCUT2D eigenvalue weighted by Crippen LogP contribution is -2.07. The topological polar surface area (TPSA) is 34.6 Å². The van der Waals surface area contributed by atoms with Gasteiger partial charge in [0.1, 0.15) is 6.07 Å². The van der Waals surface area contributed by atoms with Crippen molar-refractivity contribution in [3.05, 3.63) is 99.9 Å². The van der Waals surface area contributed by atoms with Gasteiger partial charge in [-0.3, -0.25) is 0 Å². The molecule has 0 heterocycles. The zero-order chi connectivity index (χ0) is 23.1. The Morgan fingerprint density at radius 2 is 1.12 bits per heavy atom. The molecule has 0 atom stereocenters. The Morgan fingerprint density at radius 1 is 0.656 bits per heavy atom. The van der Waals surface area contributed by atoms with Gasteiger partial charge in [0.05, 0.1) is 12.1 Å². The van der Waals surface area contributed by atoms with E-state index in [1.54, 1.807) is 12.1 Å². The molecule has 0 fully saturated rings. The number of rotatable bonds is 2. The fourth-order valence-corrected chi connectivity index (χ4v) is 2.94. The molecule has 32 heavy (non-hydrogen) atoms. The van der Waals surface area contributed by atoms with Gasteiger partial charge in [-0.25, -0.2) is 4.85 Å². The van der Waals surface area contributed by atoms with Crippen LogP contribution in [0, 0.1) is 41.6 Å². The Bertz CT molecular complexity index is 1220. The first kappa shape index (κ1) is 22.1. The van der Waals surface area contributed by atoms with Crippen molar-refractivity contribution in [2.45, 2.75) is 0 Å². The van der Waals surface area contributed by atoms with Crippen molar-refractivity contribution in [3.63, 3.8) is 0 Å². The summed E-state index contributed by atoms with van der Waals surface area (Å²) in [6.07, 6.45) is 0. The molecule has 0 saturated carbocycles. The van der Waals surface area contributed by atoms with Gasteiger partial charge in [-0.15, -0.1) is 0 Å². The molecule has 0 spiro atoms. The molecule has 0 saturated heterocycles. The van der Waals surface area contributed by atoms with Gasteiger partial charge in [0.25, 0.3) is 0 Å². The molecule has 0 radical (unpaired) electrons. The average molecular weight is 415 g/mol. The fourth-order valence-electron chi connectivity index (χ4n) is 2.94. The van der Waals surface area contributed by atoms with Gasteiger partial charge in [0, 0.05) is 61.8 Å². The van der Waals surface area contributed by atoms with Gasteiger partial charge in [-0.2, -0.15) is 5.26 Å². The monoisotopic (exact) mass is 414 g/mol. The van der Waals surface area contributed by atoms with Crippen LogP contribution in [0.3, 0.4) is 0 Å². The van der Waals surface area contributed by atoms with Crippen molar-refractivity contribution in [1.82, 2.24) is 0 Å². The van der Waals surface area contributed by atoms with Crippen molar-refractivity contribution in [1.29, 1.82) is 5.26 Å². The summed E-state index contributed by atoms with van der Waals surface area (Å²) in [4.78, 5) is 7.64. The maximum absolute atomic E-state index is 9.62. The Morgan fingerprint density at radius 3 is 1.53 bits per heavy atom. The molecule has 0 aliphatic rings. The van der Waals surface area contributed by atoms with Crippen LogP contribution in [0.5, 0.6) is 0 Å². The van der Waals surface area contributed by atoms with E-state index in [0.717, 1.165) is 22.5 Å². The number of benzene rings is 3. The van der Waals surface area contributed by atoms with E-state index in [0.29, 0.717) is 22.4 Å². The first-order chi connectivity index (χ1) is 15.4. The van der Waals surface area contributed by atoms with Crippen LogP contribution >= 0.6 is 0 Å². The van der Waals surface area contributed by atoms with Crippen LogP contribution in [0.1, 0.15) is 27.8 Å². The van der Waals surface area contributed by atoms with Crippen molar-refractivity contribution < 1.29 is 0 Å². The highest BCUT2D eigenvalue weighted by Gasteiger charge is 2.07. The standard InChI is InChI=1S/C28H22N4/c1-30-28-19-23(12-6-21-8-14-26(15-9-21)31(2)3)25(20-29)18-24(28)13-7-22-10-16-27(17-11-22)32(4)5/h8-11,14-19H,2-5H3. The lowest BCUT2D eigenvalue weighted by atomic mass is 10.0. The Labute approximate surface area is 190 Å². The van der Waals surface area contributed by atoms with E-state index in [1.165, 1.54) is 0 Å². The normalized spacial score (nSPS) is 9.31. The molecular formula is C28H22N4. The molecule has 0 N–H and O–H groups in total. The maximum Gasteiger partial charge on any atom is 0.203 e. The van der Waals surface area contributed by atoms with E-state index in [2.05, 4.69) is 34.6 Å². The van der Waals surface area contributed by atoms with E-state index < -0.39 is 0 Å². The quantitative estimate of drug-likeness (QED) is 0.435. The fraction of sp³-hybridized carbons (Fsp3) is 0.143. The number of hydrogen-bond acceptors (Lipinski definition) is 3. The third-order valence-corrected chi connectivity index (χ3v) is 4.83. The molecular weight excluding hydrogens is 392 g/mol. The number of nitriles is 1. The summed E-state index contributed by atoms with van der Waals surface area (Å²) in [5, 5.41) is 9.62. The summed E-state index contributed by atoms with van der Waals surface area (Å²) in [7, 11) is 7.93. The number of anilines is 2. The zero-order valence-electron chi connectivity index (χ0n) is 18.6. The summed E-state index contributed by atoms with van der Waals surface area (Å²) in [6, 6.07) is 21.2. The van der Waals surface area contributed by atoms with Crippen molar-refractivity contribution in [2.24, 2.45) is 0 Å². The molecule has 0 bridgehead atoms. The lowest BCUT2D eigenvalue weighted by Gasteiger charge is -2.11. The van der Waals surface area contributed by atoms with E-state index in [-0.39, 0.29) is 0 Å². The second-order valence-electron chi connectivity index (χ2n) is 7.52. The SMILES string of the molecule is [C-]#[N+]c1cc(C#Cc2ccc(N(C)C)cc2)c(C#N)cc1C#Cc1ccc(N(C)C)cc1. The van der Waals surface area contributed by atoms with E-state index >= 15 is 0 Å². The van der Waals surface area contributed by atoms with Crippen molar-refractivity contribution in [2.75, 3.05) is 38.0 Å². The maximum atomic E-state index is 9.62. The van der Waals surface area contributed by atoms with Gasteiger partial charge in [-0.05, 0) is 60.7 Å². The predicted octanol–water partition coefficient (Wildman–Crippen LogP) is 5.04. The average Bonchev–Trinajstić information content (AvgIpc) is 2.81. The number of nitrogens with zero attached hydrogens (tertiary/aromatic N) is 4. The minimum absolute atomic E-state index is 0.383. The summed E-state index contributed by atoms with van der Waals surface area (Å²) in [5.41, 5.74) is 5.69. The molecule has 0 unspecified atom stereocenters. The molecule has 3 rings (SSSR count). The minimum atomic E-state index is 0.383. The van der Waals surface area contributed by atoms with Crippen molar-refractivity contribution in [3.8, 4) is 29.8 Å². The second-order valence-corrected chi connectivity index (χ2v) is 7.52. The highest BCUT2D eigenvalue weighted by Crippen LogP contribution is 2.24. The zero-order valence-corrected chi connectivity index (χ0v) is 18.6. The van der Waals surface area contributed by atoms with Gasteiger partial charge < -0.3 is 9.80 Å². The van der Waals surface area contributed by atoms with E-state index in [1.807, 2.05) is 86.5 Å². The van der Waals surface area contributed by atoms with Crippen molar-refractivity contribution >= 4 is 17.1 Å². The minimum Gasteiger partial charge on any atom is -0.378 e. The first-order valence-corrected chi connectivity index (χ1v) is 9.95. The molecule has 4 nitrogen and oxygen atoms in total. The highest BCUT2D eigenvalue weighted by atomic mass is 15.1. The first-order valence-electron chi connectivity index (χ1n) is 9.95. The van der Waals surface area contributed by atoms with Gasteiger partial charge in [0.2, 0.25) is 5.69 Å². The number of hydrogen-bond donors (Lipinski definition) is 0. The molecule has 154 valence electrons. The molecule has 3 aromatic carbocycles. The second kappa shape index (κ2) is 9.91. The Balaban J connectivity index is 1.93. The van der Waals surface area contributed by atoms with Crippen LogP contribution in [-0.4, -0.2) is 28.2 Å². The van der Waals surface area contributed by atoms with E-state index in [9.17, 15) is 5.26 Å². The molecule has 4 heteroatoms. The van der Waals surface area contributed by atoms with Crippen LogP contribution in [0.4, 0.5) is 17.1 Å². The van der Waals surface area contributed by atoms with E-state index in [4.69, 9.17) is 6.57 Å². The van der Waals surface area contributed by atoms with Crippen LogP contribution < -0.4 is 9.80 Å². The third kappa shape index (κ3) is 5.29. The van der Waals surface area contributed by atoms with Crippen LogP contribution in [-0.2, 0) is 0 Å². The summed E-state index contributed by atoms with van der Waals surface area (Å²) < 4.78 is 0. The predicted molar refractivity (Wildman–Crippen MR) is 131 cm³/mol. The molecule has 0 aromatic heterocycles. The molecule has 3 aromatic rings. The van der Waals surface area contributed by atoms with Crippen LogP contribution in [0.2, 0.25) is 0 Å². The molecule has 0 aliphatic carbocycles. The summed E-state index contributed by atoms with van der Waals surface area (Å²) in [5.74, 6) is 12.2. The largest absolute Gasteiger partial charge is 0.378 e. The van der Waals surface area contributed by atoms with Crippen LogP contribution in [0.25, 0.3) is 4.85 Å². The lowest BCUT2D eigenvalue weighted by molar-refractivity contribution is 1.13. The van der Waals surface area contributed by atoms with Gasteiger partial charge in [0.15, 0.2) is 0 Å².